The van der Waals surface area contributed by atoms with E-state index in [0.29, 0.717) is 11.3 Å². The number of halogens is 1. The van der Waals surface area contributed by atoms with Crippen LogP contribution in [0.1, 0.15) is 64.7 Å². The predicted molar refractivity (Wildman–Crippen MR) is 88.8 cm³/mol. The quantitative estimate of drug-likeness (QED) is 0.805. The van der Waals surface area contributed by atoms with Gasteiger partial charge in [-0.1, -0.05) is 19.3 Å². The number of carbonyl (C=O) groups excluding carboxylic acids is 1. The number of nitrogens with one attached hydrogen (secondary N) is 1. The van der Waals surface area contributed by atoms with Crippen LogP contribution < -0.4 is 5.32 Å². The lowest BCUT2D eigenvalue weighted by molar-refractivity contribution is -0.145. The maximum atomic E-state index is 12.8. The largest absolute Gasteiger partial charge is 0.342 e. The van der Waals surface area contributed by atoms with Gasteiger partial charge in [-0.15, -0.1) is 12.4 Å². The fourth-order valence-corrected chi connectivity index (χ4v) is 4.61. The number of piperidine rings is 2. The molecule has 1 saturated carbocycles. The van der Waals surface area contributed by atoms with Crippen molar-refractivity contribution in [1.82, 2.24) is 10.2 Å². The Morgan fingerprint density at radius 3 is 2.19 bits per heavy atom. The van der Waals surface area contributed by atoms with Gasteiger partial charge in [0.1, 0.15) is 0 Å². The van der Waals surface area contributed by atoms with Crippen LogP contribution in [-0.2, 0) is 4.79 Å². The molecule has 1 spiro atoms. The molecule has 3 fully saturated rings. The van der Waals surface area contributed by atoms with Gasteiger partial charge in [-0.3, -0.25) is 4.79 Å². The van der Waals surface area contributed by atoms with E-state index in [0.717, 1.165) is 39.0 Å². The molecule has 3 rings (SSSR count). The van der Waals surface area contributed by atoms with Gasteiger partial charge in [0.25, 0.3) is 0 Å². The second-order valence-corrected chi connectivity index (χ2v) is 7.69. The van der Waals surface area contributed by atoms with E-state index in [1.165, 1.54) is 44.9 Å². The molecule has 1 unspecified atom stereocenters. The topological polar surface area (TPSA) is 32.3 Å². The summed E-state index contributed by atoms with van der Waals surface area (Å²) >= 11 is 0. The lowest BCUT2D eigenvalue weighted by Gasteiger charge is -2.46. The fourth-order valence-electron chi connectivity index (χ4n) is 4.61. The number of hydrogen-bond acceptors (Lipinski definition) is 2. The molecule has 3 nitrogen and oxygen atoms in total. The lowest BCUT2D eigenvalue weighted by atomic mass is 9.68. The van der Waals surface area contributed by atoms with Crippen LogP contribution in [0.3, 0.4) is 0 Å². The second kappa shape index (κ2) is 6.87. The minimum Gasteiger partial charge on any atom is -0.342 e. The van der Waals surface area contributed by atoms with Crippen molar-refractivity contribution >= 4 is 18.3 Å². The first-order valence-corrected chi connectivity index (χ1v) is 8.64. The normalized spacial score (nSPS) is 32.5. The van der Waals surface area contributed by atoms with Gasteiger partial charge in [-0.05, 0) is 57.4 Å². The van der Waals surface area contributed by atoms with Crippen LogP contribution in [0.15, 0.2) is 0 Å². The second-order valence-electron chi connectivity index (χ2n) is 7.69. The highest BCUT2D eigenvalue weighted by atomic mass is 35.5. The summed E-state index contributed by atoms with van der Waals surface area (Å²) in [6.07, 6.45) is 11.8. The standard InChI is InChI=1S/C17H30N2O.ClH/c1-16(6-5-11-18-14-16)15(20)19-12-9-17(10-13-19)7-3-2-4-8-17;/h18H,2-14H2,1H3;1H. The molecule has 0 aromatic carbocycles. The molecule has 0 aromatic heterocycles. The van der Waals surface area contributed by atoms with Crippen LogP contribution in [0.2, 0.25) is 0 Å². The summed E-state index contributed by atoms with van der Waals surface area (Å²) in [6, 6.07) is 0. The minimum atomic E-state index is -0.144. The minimum absolute atomic E-state index is 0. The van der Waals surface area contributed by atoms with Crippen molar-refractivity contribution in [2.45, 2.75) is 64.7 Å². The molecule has 2 heterocycles. The third-order valence-electron chi connectivity index (χ3n) is 6.14. The van der Waals surface area contributed by atoms with Crippen molar-refractivity contribution in [2.24, 2.45) is 10.8 Å². The van der Waals surface area contributed by atoms with Gasteiger partial charge in [-0.2, -0.15) is 0 Å². The van der Waals surface area contributed by atoms with E-state index >= 15 is 0 Å². The van der Waals surface area contributed by atoms with Crippen LogP contribution in [0.25, 0.3) is 0 Å². The zero-order valence-electron chi connectivity index (χ0n) is 13.5. The maximum Gasteiger partial charge on any atom is 0.229 e. The predicted octanol–water partition coefficient (Wildman–Crippen LogP) is 3.37. The SMILES string of the molecule is CC1(C(=O)N2CCC3(CCCCC3)CC2)CCCNC1.Cl. The molecular formula is C17H31ClN2O. The highest BCUT2D eigenvalue weighted by Gasteiger charge is 2.42. The summed E-state index contributed by atoms with van der Waals surface area (Å²) in [6.45, 7) is 6.12. The van der Waals surface area contributed by atoms with Gasteiger partial charge in [0.2, 0.25) is 5.91 Å². The third kappa shape index (κ3) is 3.56. The molecule has 122 valence electrons. The summed E-state index contributed by atoms with van der Waals surface area (Å²) in [5, 5.41) is 3.40. The fraction of sp³-hybridized carbons (Fsp3) is 0.941. The van der Waals surface area contributed by atoms with E-state index in [1.54, 1.807) is 0 Å². The third-order valence-corrected chi connectivity index (χ3v) is 6.14. The number of amides is 1. The zero-order valence-corrected chi connectivity index (χ0v) is 14.3. The Morgan fingerprint density at radius 1 is 0.952 bits per heavy atom. The van der Waals surface area contributed by atoms with Gasteiger partial charge in [0, 0.05) is 19.6 Å². The molecule has 0 aromatic rings. The van der Waals surface area contributed by atoms with Crippen molar-refractivity contribution in [1.29, 1.82) is 0 Å². The molecule has 1 aliphatic carbocycles. The molecular weight excluding hydrogens is 284 g/mol. The first-order valence-electron chi connectivity index (χ1n) is 8.64. The Balaban J connectivity index is 0.00000161. The van der Waals surface area contributed by atoms with Crippen LogP contribution >= 0.6 is 12.4 Å². The molecule has 2 aliphatic heterocycles. The Morgan fingerprint density at radius 2 is 1.62 bits per heavy atom. The Kier molecular flexibility index (Phi) is 5.59. The van der Waals surface area contributed by atoms with Crippen molar-refractivity contribution < 1.29 is 4.79 Å². The van der Waals surface area contributed by atoms with Crippen molar-refractivity contribution in [2.75, 3.05) is 26.2 Å². The highest BCUT2D eigenvalue weighted by molar-refractivity contribution is 5.85. The van der Waals surface area contributed by atoms with E-state index in [9.17, 15) is 4.79 Å². The molecule has 21 heavy (non-hydrogen) atoms. The smallest absolute Gasteiger partial charge is 0.229 e. The van der Waals surface area contributed by atoms with Crippen LogP contribution in [0.5, 0.6) is 0 Å². The molecule has 2 saturated heterocycles. The lowest BCUT2D eigenvalue weighted by Crippen LogP contribution is -2.53. The Labute approximate surface area is 135 Å². The number of hydrogen-bond donors (Lipinski definition) is 1. The number of carbonyl (C=O) groups is 1. The number of nitrogens with zero attached hydrogens (tertiary/aromatic N) is 1. The van der Waals surface area contributed by atoms with Crippen molar-refractivity contribution in [3.8, 4) is 0 Å². The Bertz CT molecular complexity index is 350. The average Bonchev–Trinajstić information content (AvgIpc) is 2.49. The van der Waals surface area contributed by atoms with Gasteiger partial charge >= 0.3 is 0 Å². The van der Waals surface area contributed by atoms with Crippen LogP contribution in [0.4, 0.5) is 0 Å². The highest BCUT2D eigenvalue weighted by Crippen LogP contribution is 2.45. The molecule has 0 radical (unpaired) electrons. The maximum absolute atomic E-state index is 12.8. The summed E-state index contributed by atoms with van der Waals surface area (Å²) in [7, 11) is 0. The van der Waals surface area contributed by atoms with E-state index in [1.807, 2.05) is 0 Å². The number of rotatable bonds is 1. The van der Waals surface area contributed by atoms with E-state index < -0.39 is 0 Å². The summed E-state index contributed by atoms with van der Waals surface area (Å²) in [5.74, 6) is 0.412. The van der Waals surface area contributed by atoms with E-state index in [4.69, 9.17) is 0 Å². The Hall–Kier alpha value is -0.280. The van der Waals surface area contributed by atoms with Gasteiger partial charge in [0.15, 0.2) is 0 Å². The van der Waals surface area contributed by atoms with Crippen molar-refractivity contribution in [3.05, 3.63) is 0 Å². The van der Waals surface area contributed by atoms with Crippen LogP contribution in [-0.4, -0.2) is 37.0 Å². The first-order chi connectivity index (χ1) is 9.64. The molecule has 4 heteroatoms. The van der Waals surface area contributed by atoms with Crippen LogP contribution in [0, 0.1) is 10.8 Å². The zero-order chi connectivity index (χ0) is 14.1. The summed E-state index contributed by atoms with van der Waals surface area (Å²) < 4.78 is 0. The van der Waals surface area contributed by atoms with E-state index in [2.05, 4.69) is 17.1 Å². The summed E-state index contributed by atoms with van der Waals surface area (Å²) in [4.78, 5) is 15.0. The molecule has 1 N–H and O–H groups in total. The molecule has 1 amide bonds. The number of likely N-dealkylation sites (tertiary alicyclic amines) is 1. The first kappa shape index (κ1) is 17.1. The monoisotopic (exact) mass is 314 g/mol. The van der Waals surface area contributed by atoms with E-state index in [-0.39, 0.29) is 17.8 Å². The van der Waals surface area contributed by atoms with Gasteiger partial charge < -0.3 is 10.2 Å². The molecule has 0 bridgehead atoms. The van der Waals surface area contributed by atoms with Gasteiger partial charge in [-0.25, -0.2) is 0 Å². The average molecular weight is 315 g/mol. The summed E-state index contributed by atoms with van der Waals surface area (Å²) in [5.41, 5.74) is 0.454. The molecule has 1 atom stereocenters. The van der Waals surface area contributed by atoms with Crippen molar-refractivity contribution in [3.63, 3.8) is 0 Å². The molecule has 3 aliphatic rings. The van der Waals surface area contributed by atoms with Gasteiger partial charge in [0.05, 0.1) is 5.41 Å².